The predicted molar refractivity (Wildman–Crippen MR) is 113 cm³/mol. The number of rotatable bonds is 8. The van der Waals surface area contributed by atoms with Crippen LogP contribution in [0.25, 0.3) is 0 Å². The highest BCUT2D eigenvalue weighted by atomic mass is 16.5. The number of carbonyl (C=O) groups excluding carboxylic acids is 3. The number of carbonyl (C=O) groups is 3. The highest BCUT2D eigenvalue weighted by molar-refractivity contribution is 5.98. The first-order valence-corrected chi connectivity index (χ1v) is 10.6. The molecule has 164 valence electrons. The lowest BCUT2D eigenvalue weighted by Crippen LogP contribution is -2.47. The molecule has 3 N–H and O–H groups in total. The minimum absolute atomic E-state index is 0.0827. The van der Waals surface area contributed by atoms with Crippen molar-refractivity contribution >= 4 is 17.7 Å². The zero-order valence-electron chi connectivity index (χ0n) is 18.0. The summed E-state index contributed by atoms with van der Waals surface area (Å²) in [6.45, 7) is 4.78. The van der Waals surface area contributed by atoms with Crippen molar-refractivity contribution in [3.63, 3.8) is 0 Å². The predicted octanol–water partition coefficient (Wildman–Crippen LogP) is 1.00. The van der Waals surface area contributed by atoms with E-state index < -0.39 is 6.04 Å². The van der Waals surface area contributed by atoms with Gasteiger partial charge in [-0.05, 0) is 37.5 Å². The van der Waals surface area contributed by atoms with Crippen molar-refractivity contribution in [2.45, 2.75) is 51.2 Å². The van der Waals surface area contributed by atoms with Gasteiger partial charge in [0.1, 0.15) is 11.8 Å². The van der Waals surface area contributed by atoms with Crippen molar-refractivity contribution in [3.05, 3.63) is 29.8 Å². The van der Waals surface area contributed by atoms with Crippen LogP contribution < -0.4 is 15.8 Å². The van der Waals surface area contributed by atoms with Gasteiger partial charge in [0, 0.05) is 37.2 Å². The molecule has 3 amide bonds. The van der Waals surface area contributed by atoms with Crippen molar-refractivity contribution in [1.82, 2.24) is 15.1 Å². The van der Waals surface area contributed by atoms with Crippen LogP contribution in [0.3, 0.4) is 0 Å². The molecule has 0 aromatic heterocycles. The van der Waals surface area contributed by atoms with Gasteiger partial charge in [-0.2, -0.15) is 0 Å². The molecule has 0 spiro atoms. The zero-order chi connectivity index (χ0) is 21.8. The minimum atomic E-state index is -0.638. The molecule has 0 radical (unpaired) electrons. The summed E-state index contributed by atoms with van der Waals surface area (Å²) in [5.41, 5.74) is 5.99. The van der Waals surface area contributed by atoms with Crippen molar-refractivity contribution in [2.24, 2.45) is 11.7 Å². The monoisotopic (exact) mass is 416 g/mol. The molecule has 8 nitrogen and oxygen atoms in total. The minimum Gasteiger partial charge on any atom is -0.497 e. The standard InChI is InChI=1S/C22H32N4O4/c1-14(2)21(28)26(16-7-8-16)17-12-19(20(27)24-10-9-23)25(13-17)22(29)15-5-4-6-18(11-15)30-3/h4-6,11,14,16-17,19H,7-10,12-13,23H2,1-3H3,(H,24,27). The van der Waals surface area contributed by atoms with Crippen molar-refractivity contribution in [2.75, 3.05) is 26.7 Å². The average Bonchev–Trinajstić information content (AvgIpc) is 3.49. The molecule has 1 aromatic rings. The zero-order valence-corrected chi connectivity index (χ0v) is 18.0. The summed E-state index contributed by atoms with van der Waals surface area (Å²) in [4.78, 5) is 42.6. The number of nitrogens with one attached hydrogen (secondary N) is 1. The molecule has 8 heteroatoms. The molecule has 1 heterocycles. The van der Waals surface area contributed by atoms with Crippen molar-refractivity contribution < 1.29 is 19.1 Å². The highest BCUT2D eigenvalue weighted by Gasteiger charge is 2.47. The Kier molecular flexibility index (Phi) is 6.97. The van der Waals surface area contributed by atoms with E-state index in [0.29, 0.717) is 37.4 Å². The molecule has 2 fully saturated rings. The van der Waals surface area contributed by atoms with Gasteiger partial charge >= 0.3 is 0 Å². The number of ether oxygens (including phenoxy) is 1. The molecule has 1 saturated carbocycles. The molecule has 2 unspecified atom stereocenters. The molecule has 2 atom stereocenters. The SMILES string of the molecule is COc1cccc(C(=O)N2CC(N(C(=O)C(C)C)C3CC3)CC2C(=O)NCCN)c1. The van der Waals surface area contributed by atoms with E-state index in [2.05, 4.69) is 5.32 Å². The fourth-order valence-electron chi connectivity index (χ4n) is 4.03. The number of hydrogen-bond donors (Lipinski definition) is 2. The lowest BCUT2D eigenvalue weighted by atomic mass is 10.1. The van der Waals surface area contributed by atoms with E-state index in [0.717, 1.165) is 12.8 Å². The summed E-state index contributed by atoms with van der Waals surface area (Å²) in [6, 6.07) is 6.31. The number of methoxy groups -OCH3 is 1. The van der Waals surface area contributed by atoms with Crippen LogP contribution in [0.5, 0.6) is 5.75 Å². The molecule has 2 aliphatic rings. The maximum Gasteiger partial charge on any atom is 0.254 e. The molecule has 1 aliphatic heterocycles. The Morgan fingerprint density at radius 1 is 1.27 bits per heavy atom. The molecule has 3 rings (SSSR count). The van der Waals surface area contributed by atoms with Gasteiger partial charge in [-0.25, -0.2) is 0 Å². The third kappa shape index (κ3) is 4.75. The van der Waals surface area contributed by atoms with Gasteiger partial charge in [0.05, 0.1) is 13.2 Å². The van der Waals surface area contributed by atoms with Crippen LogP contribution in [-0.2, 0) is 9.59 Å². The van der Waals surface area contributed by atoms with Gasteiger partial charge in [-0.3, -0.25) is 14.4 Å². The van der Waals surface area contributed by atoms with Crippen LogP contribution in [0.1, 0.15) is 43.5 Å². The van der Waals surface area contributed by atoms with Gasteiger partial charge in [0.15, 0.2) is 0 Å². The Hall–Kier alpha value is -2.61. The summed E-state index contributed by atoms with van der Waals surface area (Å²) >= 11 is 0. The fraction of sp³-hybridized carbons (Fsp3) is 0.591. The first-order chi connectivity index (χ1) is 14.4. The second kappa shape index (κ2) is 9.47. The molecule has 1 saturated heterocycles. The largest absolute Gasteiger partial charge is 0.497 e. The van der Waals surface area contributed by atoms with E-state index in [1.807, 2.05) is 18.7 Å². The Morgan fingerprint density at radius 2 is 2.00 bits per heavy atom. The third-order valence-electron chi connectivity index (χ3n) is 5.68. The van der Waals surface area contributed by atoms with Crippen LogP contribution in [0, 0.1) is 5.92 Å². The number of nitrogens with two attached hydrogens (primary N) is 1. The van der Waals surface area contributed by atoms with E-state index in [4.69, 9.17) is 10.5 Å². The summed E-state index contributed by atoms with van der Waals surface area (Å²) < 4.78 is 5.24. The van der Waals surface area contributed by atoms with Gasteiger partial charge in [0.25, 0.3) is 5.91 Å². The molecule has 30 heavy (non-hydrogen) atoms. The van der Waals surface area contributed by atoms with E-state index in [9.17, 15) is 14.4 Å². The second-order valence-corrected chi connectivity index (χ2v) is 8.31. The fourth-order valence-corrected chi connectivity index (χ4v) is 4.03. The number of benzene rings is 1. The Balaban J connectivity index is 1.87. The summed E-state index contributed by atoms with van der Waals surface area (Å²) in [6.07, 6.45) is 2.38. The lowest BCUT2D eigenvalue weighted by molar-refractivity contribution is -0.137. The van der Waals surface area contributed by atoms with Crippen molar-refractivity contribution in [1.29, 1.82) is 0 Å². The number of nitrogens with zero attached hydrogens (tertiary/aromatic N) is 2. The molecule has 1 aliphatic carbocycles. The van der Waals surface area contributed by atoms with Gasteiger partial charge in [0.2, 0.25) is 11.8 Å². The van der Waals surface area contributed by atoms with Gasteiger partial charge < -0.3 is 25.6 Å². The highest BCUT2D eigenvalue weighted by Crippen LogP contribution is 2.35. The van der Waals surface area contributed by atoms with E-state index >= 15 is 0 Å². The molecular weight excluding hydrogens is 384 g/mol. The lowest BCUT2D eigenvalue weighted by Gasteiger charge is -2.30. The van der Waals surface area contributed by atoms with E-state index in [1.165, 1.54) is 0 Å². The smallest absolute Gasteiger partial charge is 0.254 e. The van der Waals surface area contributed by atoms with Gasteiger partial charge in [-0.15, -0.1) is 0 Å². The average molecular weight is 417 g/mol. The van der Waals surface area contributed by atoms with Crippen LogP contribution in [-0.4, -0.2) is 72.4 Å². The molecular formula is C22H32N4O4. The summed E-state index contributed by atoms with van der Waals surface area (Å²) in [5, 5.41) is 2.80. The topological polar surface area (TPSA) is 105 Å². The van der Waals surface area contributed by atoms with E-state index in [1.54, 1.807) is 36.3 Å². The third-order valence-corrected chi connectivity index (χ3v) is 5.68. The molecule has 1 aromatic carbocycles. The normalized spacial score (nSPS) is 20.9. The van der Waals surface area contributed by atoms with Crippen LogP contribution in [0.15, 0.2) is 24.3 Å². The summed E-state index contributed by atoms with van der Waals surface area (Å²) in [5.74, 6) is 0.0665. The Bertz CT molecular complexity index is 793. The number of amides is 3. The Morgan fingerprint density at radius 3 is 2.60 bits per heavy atom. The number of hydrogen-bond acceptors (Lipinski definition) is 5. The number of likely N-dealkylation sites (tertiary alicyclic amines) is 1. The second-order valence-electron chi connectivity index (χ2n) is 8.31. The quantitative estimate of drug-likeness (QED) is 0.658. The van der Waals surface area contributed by atoms with Crippen LogP contribution >= 0.6 is 0 Å². The van der Waals surface area contributed by atoms with Crippen LogP contribution in [0.2, 0.25) is 0 Å². The maximum atomic E-state index is 13.3. The first-order valence-electron chi connectivity index (χ1n) is 10.6. The Labute approximate surface area is 177 Å². The maximum absolute atomic E-state index is 13.3. The van der Waals surface area contributed by atoms with E-state index in [-0.39, 0.29) is 35.7 Å². The van der Waals surface area contributed by atoms with Gasteiger partial charge in [-0.1, -0.05) is 19.9 Å². The summed E-state index contributed by atoms with van der Waals surface area (Å²) in [7, 11) is 1.55. The molecule has 0 bridgehead atoms. The van der Waals surface area contributed by atoms with Crippen molar-refractivity contribution in [3.8, 4) is 5.75 Å². The first kappa shape index (κ1) is 22.1. The van der Waals surface area contributed by atoms with Crippen LogP contribution in [0.4, 0.5) is 0 Å².